The molecule has 1 aromatic heterocycles. The Morgan fingerprint density at radius 1 is 1.33 bits per heavy atom. The van der Waals surface area contributed by atoms with Crippen LogP contribution in [0.25, 0.3) is 0 Å². The van der Waals surface area contributed by atoms with Crippen LogP contribution < -0.4 is 5.32 Å². The molecule has 0 aliphatic rings. The van der Waals surface area contributed by atoms with E-state index in [9.17, 15) is 4.39 Å². The predicted molar refractivity (Wildman–Crippen MR) is 83.7 cm³/mol. The zero-order valence-corrected chi connectivity index (χ0v) is 13.1. The van der Waals surface area contributed by atoms with Crippen molar-refractivity contribution in [1.82, 2.24) is 14.9 Å². The second-order valence-electron chi connectivity index (χ2n) is 5.78. The van der Waals surface area contributed by atoms with Crippen molar-refractivity contribution in [2.24, 2.45) is 5.92 Å². The predicted octanol–water partition coefficient (Wildman–Crippen LogP) is 3.38. The Balaban J connectivity index is 2.08. The molecule has 0 spiro atoms. The minimum absolute atomic E-state index is 0.154. The van der Waals surface area contributed by atoms with Crippen LogP contribution >= 0.6 is 0 Å². The molecule has 1 heterocycles. The lowest BCUT2D eigenvalue weighted by Gasteiger charge is -2.11. The van der Waals surface area contributed by atoms with Crippen molar-refractivity contribution in [3.63, 3.8) is 0 Å². The number of hydrogen-bond acceptors (Lipinski definition) is 2. The van der Waals surface area contributed by atoms with Crippen molar-refractivity contribution in [3.8, 4) is 0 Å². The zero-order valence-electron chi connectivity index (χ0n) is 13.1. The van der Waals surface area contributed by atoms with Crippen molar-refractivity contribution in [2.45, 2.75) is 40.3 Å². The third kappa shape index (κ3) is 4.39. The van der Waals surface area contributed by atoms with Crippen LogP contribution in [-0.2, 0) is 19.5 Å². The molecule has 21 heavy (non-hydrogen) atoms. The van der Waals surface area contributed by atoms with Crippen LogP contribution in [0.2, 0.25) is 0 Å². The molecular formula is C17H24FN3. The highest BCUT2D eigenvalue weighted by Gasteiger charge is 2.07. The first-order valence-electron chi connectivity index (χ1n) is 7.58. The summed E-state index contributed by atoms with van der Waals surface area (Å²) in [6.45, 7) is 8.68. The summed E-state index contributed by atoms with van der Waals surface area (Å²) in [5, 5.41) is 3.39. The van der Waals surface area contributed by atoms with Gasteiger partial charge in [-0.25, -0.2) is 9.37 Å². The van der Waals surface area contributed by atoms with Crippen LogP contribution in [0.1, 0.15) is 37.7 Å². The topological polar surface area (TPSA) is 29.9 Å². The summed E-state index contributed by atoms with van der Waals surface area (Å²) in [5.74, 6) is 1.44. The van der Waals surface area contributed by atoms with Crippen molar-refractivity contribution in [3.05, 3.63) is 53.4 Å². The largest absolute Gasteiger partial charge is 0.330 e. The van der Waals surface area contributed by atoms with Gasteiger partial charge in [0, 0.05) is 30.9 Å². The van der Waals surface area contributed by atoms with Gasteiger partial charge in [-0.15, -0.1) is 0 Å². The van der Waals surface area contributed by atoms with Gasteiger partial charge < -0.3 is 9.88 Å². The van der Waals surface area contributed by atoms with Gasteiger partial charge in [0.25, 0.3) is 0 Å². The summed E-state index contributed by atoms with van der Waals surface area (Å²) >= 11 is 0. The molecule has 0 bridgehead atoms. The lowest BCUT2D eigenvalue weighted by Crippen LogP contribution is -2.19. The molecule has 1 aromatic carbocycles. The van der Waals surface area contributed by atoms with Crippen molar-refractivity contribution >= 4 is 0 Å². The number of halogens is 1. The summed E-state index contributed by atoms with van der Waals surface area (Å²) in [6.07, 6.45) is 4.52. The second kappa shape index (κ2) is 7.36. The summed E-state index contributed by atoms with van der Waals surface area (Å²) < 4.78 is 16.0. The molecular weight excluding hydrogens is 265 g/mol. The number of hydrogen-bond donors (Lipinski definition) is 1. The maximum absolute atomic E-state index is 14.0. The maximum atomic E-state index is 14.0. The van der Waals surface area contributed by atoms with Gasteiger partial charge >= 0.3 is 0 Å². The third-order valence-electron chi connectivity index (χ3n) is 3.45. The highest BCUT2D eigenvalue weighted by Crippen LogP contribution is 2.14. The molecule has 0 saturated carbocycles. The van der Waals surface area contributed by atoms with E-state index >= 15 is 0 Å². The first kappa shape index (κ1) is 15.7. The van der Waals surface area contributed by atoms with Gasteiger partial charge in [0.2, 0.25) is 0 Å². The Morgan fingerprint density at radius 3 is 2.86 bits per heavy atom. The normalized spacial score (nSPS) is 11.3. The van der Waals surface area contributed by atoms with E-state index in [0.29, 0.717) is 18.0 Å². The Labute approximate surface area is 126 Å². The monoisotopic (exact) mass is 289 g/mol. The van der Waals surface area contributed by atoms with Crippen LogP contribution in [0.4, 0.5) is 4.39 Å². The van der Waals surface area contributed by atoms with Crippen LogP contribution in [0, 0.1) is 11.7 Å². The number of nitrogens with one attached hydrogen (secondary N) is 1. The molecule has 4 heteroatoms. The van der Waals surface area contributed by atoms with Gasteiger partial charge in [0.15, 0.2) is 0 Å². The minimum Gasteiger partial charge on any atom is -0.330 e. The fraction of sp³-hybridized carbons (Fsp3) is 0.471. The third-order valence-corrected chi connectivity index (χ3v) is 3.45. The Bertz CT molecular complexity index is 575. The molecule has 0 aliphatic heterocycles. The number of rotatable bonds is 7. The number of imidazole rings is 1. The molecule has 3 nitrogen and oxygen atoms in total. The SMILES string of the molecule is CCc1nccn1Cc1cc(CNCC(C)C)ccc1F. The van der Waals surface area contributed by atoms with Gasteiger partial charge in [0.1, 0.15) is 11.6 Å². The van der Waals surface area contributed by atoms with Gasteiger partial charge in [-0.2, -0.15) is 0 Å². The van der Waals surface area contributed by atoms with Crippen molar-refractivity contribution in [2.75, 3.05) is 6.54 Å². The molecule has 0 fully saturated rings. The van der Waals surface area contributed by atoms with E-state index in [0.717, 1.165) is 30.9 Å². The van der Waals surface area contributed by atoms with Crippen LogP contribution in [0.5, 0.6) is 0 Å². The van der Waals surface area contributed by atoms with Crippen LogP contribution in [-0.4, -0.2) is 16.1 Å². The Hall–Kier alpha value is -1.68. The molecule has 0 amide bonds. The van der Waals surface area contributed by atoms with Crippen molar-refractivity contribution < 1.29 is 4.39 Å². The van der Waals surface area contributed by atoms with Crippen LogP contribution in [0.3, 0.4) is 0 Å². The van der Waals surface area contributed by atoms with E-state index in [-0.39, 0.29) is 5.82 Å². The van der Waals surface area contributed by atoms with E-state index in [2.05, 4.69) is 31.1 Å². The number of nitrogens with zero attached hydrogens (tertiary/aromatic N) is 2. The van der Waals surface area contributed by atoms with Gasteiger partial charge in [-0.1, -0.05) is 26.8 Å². The number of aryl methyl sites for hydroxylation is 1. The first-order valence-corrected chi connectivity index (χ1v) is 7.58. The molecule has 2 aromatic rings. The molecule has 1 N–H and O–H groups in total. The van der Waals surface area contributed by atoms with Gasteiger partial charge in [-0.3, -0.25) is 0 Å². The lowest BCUT2D eigenvalue weighted by atomic mass is 10.1. The van der Waals surface area contributed by atoms with E-state index in [1.165, 1.54) is 0 Å². The quantitative estimate of drug-likeness (QED) is 0.847. The Kier molecular flexibility index (Phi) is 5.51. The molecule has 0 radical (unpaired) electrons. The summed E-state index contributed by atoms with van der Waals surface area (Å²) in [5.41, 5.74) is 1.83. The molecule has 2 rings (SSSR count). The van der Waals surface area contributed by atoms with E-state index < -0.39 is 0 Å². The standard InChI is InChI=1S/C17H24FN3/c1-4-17-20-7-8-21(17)12-15-9-14(5-6-16(15)18)11-19-10-13(2)3/h5-9,13,19H,4,10-12H2,1-3H3. The average molecular weight is 289 g/mol. The summed E-state index contributed by atoms with van der Waals surface area (Å²) in [7, 11) is 0. The smallest absolute Gasteiger partial charge is 0.128 e. The highest BCUT2D eigenvalue weighted by molar-refractivity contribution is 5.25. The second-order valence-corrected chi connectivity index (χ2v) is 5.78. The van der Waals surface area contributed by atoms with E-state index in [4.69, 9.17) is 0 Å². The van der Waals surface area contributed by atoms with E-state index in [1.54, 1.807) is 12.3 Å². The molecule has 114 valence electrons. The molecule has 0 unspecified atom stereocenters. The number of aromatic nitrogens is 2. The highest BCUT2D eigenvalue weighted by atomic mass is 19.1. The van der Waals surface area contributed by atoms with Crippen LogP contribution in [0.15, 0.2) is 30.6 Å². The zero-order chi connectivity index (χ0) is 15.2. The molecule has 0 saturated heterocycles. The van der Waals surface area contributed by atoms with Gasteiger partial charge in [-0.05, 0) is 30.2 Å². The minimum atomic E-state index is -0.154. The number of benzene rings is 1. The van der Waals surface area contributed by atoms with Crippen molar-refractivity contribution in [1.29, 1.82) is 0 Å². The molecule has 0 aliphatic carbocycles. The fourth-order valence-corrected chi connectivity index (χ4v) is 2.35. The first-order chi connectivity index (χ1) is 10.1. The average Bonchev–Trinajstić information content (AvgIpc) is 2.89. The van der Waals surface area contributed by atoms with Gasteiger partial charge in [0.05, 0.1) is 6.54 Å². The summed E-state index contributed by atoms with van der Waals surface area (Å²) in [4.78, 5) is 4.28. The van der Waals surface area contributed by atoms with E-state index in [1.807, 2.05) is 22.9 Å². The molecule has 0 atom stereocenters. The maximum Gasteiger partial charge on any atom is 0.128 e. The lowest BCUT2D eigenvalue weighted by molar-refractivity contribution is 0.550. The fourth-order valence-electron chi connectivity index (χ4n) is 2.35. The Morgan fingerprint density at radius 2 is 2.14 bits per heavy atom. The summed E-state index contributed by atoms with van der Waals surface area (Å²) in [6, 6.07) is 5.35.